The van der Waals surface area contributed by atoms with Crippen molar-refractivity contribution in [1.29, 1.82) is 0 Å². The Bertz CT molecular complexity index is 245. The van der Waals surface area contributed by atoms with Crippen molar-refractivity contribution in [2.24, 2.45) is 5.41 Å². The quantitative estimate of drug-likeness (QED) is 0.630. The van der Waals surface area contributed by atoms with Gasteiger partial charge in [-0.1, -0.05) is 26.2 Å². The van der Waals surface area contributed by atoms with Crippen LogP contribution in [0.2, 0.25) is 0 Å². The van der Waals surface area contributed by atoms with Crippen molar-refractivity contribution < 1.29 is 9.59 Å². The minimum Gasteiger partial charge on any atom is -0.300 e. The van der Waals surface area contributed by atoms with Gasteiger partial charge in [0.2, 0.25) is 0 Å². The molecule has 0 aromatic rings. The summed E-state index contributed by atoms with van der Waals surface area (Å²) in [5.74, 6) is 0.510. The van der Waals surface area contributed by atoms with Crippen molar-refractivity contribution in [1.82, 2.24) is 0 Å². The van der Waals surface area contributed by atoms with Crippen LogP contribution in [0.15, 0.2) is 0 Å². The second-order valence-corrected chi connectivity index (χ2v) is 4.89. The molecule has 0 saturated heterocycles. The summed E-state index contributed by atoms with van der Waals surface area (Å²) in [6.45, 7) is 3.77. The van der Waals surface area contributed by atoms with Crippen molar-refractivity contribution in [3.63, 3.8) is 0 Å². The molecule has 15 heavy (non-hydrogen) atoms. The van der Waals surface area contributed by atoms with E-state index >= 15 is 0 Å². The molecule has 0 N–H and O–H groups in total. The van der Waals surface area contributed by atoms with Crippen LogP contribution in [-0.4, -0.2) is 11.6 Å². The van der Waals surface area contributed by atoms with Gasteiger partial charge in [-0.3, -0.25) is 9.59 Å². The number of rotatable bonds is 6. The van der Waals surface area contributed by atoms with Gasteiger partial charge in [0.15, 0.2) is 0 Å². The maximum atomic E-state index is 11.9. The van der Waals surface area contributed by atoms with E-state index < -0.39 is 0 Å². The van der Waals surface area contributed by atoms with E-state index in [-0.39, 0.29) is 11.2 Å². The van der Waals surface area contributed by atoms with Crippen LogP contribution in [0.5, 0.6) is 0 Å². The molecule has 0 heterocycles. The van der Waals surface area contributed by atoms with E-state index in [1.807, 2.05) is 0 Å². The minimum atomic E-state index is -0.263. The lowest BCUT2D eigenvalue weighted by Crippen LogP contribution is -2.28. The van der Waals surface area contributed by atoms with E-state index in [2.05, 4.69) is 6.92 Å². The van der Waals surface area contributed by atoms with Crippen LogP contribution in [0.3, 0.4) is 0 Å². The summed E-state index contributed by atoms with van der Waals surface area (Å²) in [5.41, 5.74) is -0.263. The Kier molecular flexibility index (Phi) is 4.49. The normalized spacial score (nSPS) is 25.9. The second-order valence-electron chi connectivity index (χ2n) is 4.89. The first kappa shape index (κ1) is 12.4. The predicted molar refractivity (Wildman–Crippen MR) is 60.7 cm³/mol. The van der Waals surface area contributed by atoms with Crippen molar-refractivity contribution in [2.45, 2.75) is 65.2 Å². The Morgan fingerprint density at radius 2 is 2.13 bits per heavy atom. The molecule has 1 rings (SSSR count). The molecule has 1 atom stereocenters. The Morgan fingerprint density at radius 1 is 1.40 bits per heavy atom. The van der Waals surface area contributed by atoms with Gasteiger partial charge in [-0.2, -0.15) is 0 Å². The Labute approximate surface area is 92.4 Å². The highest BCUT2D eigenvalue weighted by Gasteiger charge is 2.41. The number of carbonyl (C=O) groups excluding carboxylic acids is 2. The first-order chi connectivity index (χ1) is 7.10. The van der Waals surface area contributed by atoms with Gasteiger partial charge >= 0.3 is 0 Å². The molecule has 86 valence electrons. The standard InChI is InChI=1S/C13H22O2/c1-3-4-5-8-13(10-11(2)14)9-6-7-12(13)15/h3-10H2,1-2H3. The molecule has 2 nitrogen and oxygen atoms in total. The molecule has 1 fully saturated rings. The highest BCUT2D eigenvalue weighted by Crippen LogP contribution is 2.42. The third-order valence-electron chi connectivity index (χ3n) is 3.50. The first-order valence-corrected chi connectivity index (χ1v) is 6.13. The fourth-order valence-corrected chi connectivity index (χ4v) is 2.72. The molecular formula is C13H22O2. The zero-order valence-electron chi connectivity index (χ0n) is 9.97. The summed E-state index contributed by atoms with van der Waals surface area (Å²) in [5, 5.41) is 0. The molecule has 0 bridgehead atoms. The topological polar surface area (TPSA) is 34.1 Å². The number of hydrogen-bond acceptors (Lipinski definition) is 2. The van der Waals surface area contributed by atoms with Crippen LogP contribution in [0.1, 0.15) is 65.2 Å². The maximum Gasteiger partial charge on any atom is 0.139 e. The van der Waals surface area contributed by atoms with Gasteiger partial charge in [0.1, 0.15) is 11.6 Å². The molecule has 1 aliphatic carbocycles. The zero-order chi connectivity index (χ0) is 11.3. The molecule has 2 heteroatoms. The SMILES string of the molecule is CCCCCC1(CC(C)=O)CCCC1=O. The van der Waals surface area contributed by atoms with Crippen LogP contribution in [0.25, 0.3) is 0 Å². The summed E-state index contributed by atoms with van der Waals surface area (Å²) < 4.78 is 0. The average Bonchev–Trinajstić information content (AvgIpc) is 2.48. The van der Waals surface area contributed by atoms with Crippen LogP contribution in [-0.2, 0) is 9.59 Å². The summed E-state index contributed by atoms with van der Waals surface area (Å²) >= 11 is 0. The lowest BCUT2D eigenvalue weighted by Gasteiger charge is -2.26. The number of hydrogen-bond donors (Lipinski definition) is 0. The molecule has 0 spiro atoms. The molecule has 0 radical (unpaired) electrons. The van der Waals surface area contributed by atoms with Crippen molar-refractivity contribution in [3.8, 4) is 0 Å². The molecule has 1 saturated carbocycles. The van der Waals surface area contributed by atoms with E-state index in [1.165, 1.54) is 12.8 Å². The van der Waals surface area contributed by atoms with Crippen molar-refractivity contribution in [3.05, 3.63) is 0 Å². The number of ketones is 2. The summed E-state index contributed by atoms with van der Waals surface area (Å²) in [6, 6.07) is 0. The molecule has 1 unspecified atom stereocenters. The number of unbranched alkanes of at least 4 members (excludes halogenated alkanes) is 2. The first-order valence-electron chi connectivity index (χ1n) is 6.13. The summed E-state index contributed by atoms with van der Waals surface area (Å²) in [6.07, 6.45) is 7.47. The largest absolute Gasteiger partial charge is 0.300 e. The van der Waals surface area contributed by atoms with Crippen molar-refractivity contribution >= 4 is 11.6 Å². The molecule has 0 amide bonds. The molecular weight excluding hydrogens is 188 g/mol. The lowest BCUT2D eigenvalue weighted by atomic mass is 9.76. The van der Waals surface area contributed by atoms with Gasteiger partial charge in [0.25, 0.3) is 0 Å². The van der Waals surface area contributed by atoms with Crippen LogP contribution in [0.4, 0.5) is 0 Å². The lowest BCUT2D eigenvalue weighted by molar-refractivity contribution is -0.131. The Balaban J connectivity index is 2.59. The van der Waals surface area contributed by atoms with Gasteiger partial charge in [-0.05, 0) is 26.2 Å². The van der Waals surface area contributed by atoms with E-state index in [4.69, 9.17) is 0 Å². The molecule has 0 aliphatic heterocycles. The van der Waals surface area contributed by atoms with Gasteiger partial charge in [-0.25, -0.2) is 0 Å². The molecule has 1 aliphatic rings. The van der Waals surface area contributed by atoms with Gasteiger partial charge in [0.05, 0.1) is 0 Å². The smallest absolute Gasteiger partial charge is 0.139 e. The maximum absolute atomic E-state index is 11.9. The van der Waals surface area contributed by atoms with E-state index in [9.17, 15) is 9.59 Å². The predicted octanol–water partition coefficient (Wildman–Crippen LogP) is 3.29. The fourth-order valence-electron chi connectivity index (χ4n) is 2.72. The van der Waals surface area contributed by atoms with Crippen LogP contribution >= 0.6 is 0 Å². The average molecular weight is 210 g/mol. The fraction of sp³-hybridized carbons (Fsp3) is 0.846. The van der Waals surface area contributed by atoms with Gasteiger partial charge in [0, 0.05) is 18.3 Å². The Morgan fingerprint density at radius 3 is 2.60 bits per heavy atom. The highest BCUT2D eigenvalue weighted by molar-refractivity contribution is 5.91. The Hall–Kier alpha value is -0.660. The second kappa shape index (κ2) is 5.43. The van der Waals surface area contributed by atoms with Crippen LogP contribution in [0, 0.1) is 5.41 Å². The van der Waals surface area contributed by atoms with Crippen molar-refractivity contribution in [2.75, 3.05) is 0 Å². The van der Waals surface area contributed by atoms with E-state index in [0.717, 1.165) is 25.7 Å². The van der Waals surface area contributed by atoms with Gasteiger partial charge in [-0.15, -0.1) is 0 Å². The molecule has 0 aromatic carbocycles. The van der Waals surface area contributed by atoms with E-state index in [0.29, 0.717) is 18.6 Å². The van der Waals surface area contributed by atoms with E-state index in [1.54, 1.807) is 6.92 Å². The summed E-state index contributed by atoms with van der Waals surface area (Å²) in [7, 11) is 0. The molecule has 0 aromatic heterocycles. The number of Topliss-reactive ketones (excluding diaryl/α,β-unsaturated/α-hetero) is 2. The monoisotopic (exact) mass is 210 g/mol. The minimum absolute atomic E-state index is 0.168. The number of carbonyl (C=O) groups is 2. The zero-order valence-corrected chi connectivity index (χ0v) is 9.97. The highest BCUT2D eigenvalue weighted by atomic mass is 16.1. The van der Waals surface area contributed by atoms with Gasteiger partial charge < -0.3 is 0 Å². The third-order valence-corrected chi connectivity index (χ3v) is 3.50. The van der Waals surface area contributed by atoms with Crippen LogP contribution < -0.4 is 0 Å². The summed E-state index contributed by atoms with van der Waals surface area (Å²) in [4.78, 5) is 23.1. The third kappa shape index (κ3) is 3.15.